The average molecular weight is 307 g/mol. The summed E-state index contributed by atoms with van der Waals surface area (Å²) in [7, 11) is 1.56. The number of ether oxygens (including phenoxy) is 1. The number of aliphatic hydroxyl groups is 1. The van der Waals surface area contributed by atoms with Crippen LogP contribution in [0.5, 0.6) is 5.75 Å². The summed E-state index contributed by atoms with van der Waals surface area (Å²) in [5, 5.41) is 13.0. The Balaban J connectivity index is 1.95. The van der Waals surface area contributed by atoms with Gasteiger partial charge in [0.25, 0.3) is 5.91 Å². The van der Waals surface area contributed by atoms with Crippen LogP contribution in [0.1, 0.15) is 22.0 Å². The first-order valence-corrected chi connectivity index (χ1v) is 6.69. The average Bonchev–Trinajstić information content (AvgIpc) is 2.53. The predicted molar refractivity (Wildman–Crippen MR) is 79.5 cm³/mol. The van der Waals surface area contributed by atoms with Crippen molar-refractivity contribution in [2.24, 2.45) is 0 Å². The number of nitrogens with zero attached hydrogens (tertiary/aromatic N) is 1. The first-order valence-electron chi connectivity index (χ1n) is 6.32. The molecule has 0 unspecified atom stereocenters. The zero-order chi connectivity index (χ0) is 15.2. The van der Waals surface area contributed by atoms with Gasteiger partial charge in [0.05, 0.1) is 18.8 Å². The second-order valence-electron chi connectivity index (χ2n) is 4.37. The smallest absolute Gasteiger partial charge is 0.252 e. The highest BCUT2D eigenvalue weighted by molar-refractivity contribution is 6.29. The van der Waals surface area contributed by atoms with Gasteiger partial charge in [0.1, 0.15) is 10.9 Å². The lowest BCUT2D eigenvalue weighted by molar-refractivity contribution is 0.0916. The van der Waals surface area contributed by atoms with Crippen LogP contribution in [0.2, 0.25) is 5.15 Å². The van der Waals surface area contributed by atoms with Crippen molar-refractivity contribution in [1.29, 1.82) is 0 Å². The predicted octanol–water partition coefficient (Wildman–Crippen LogP) is 2.21. The summed E-state index contributed by atoms with van der Waals surface area (Å²) in [5.74, 6) is 0.334. The van der Waals surface area contributed by atoms with Gasteiger partial charge in [-0.25, -0.2) is 4.98 Å². The zero-order valence-electron chi connectivity index (χ0n) is 11.4. The van der Waals surface area contributed by atoms with Crippen LogP contribution in [0.3, 0.4) is 0 Å². The van der Waals surface area contributed by atoms with Crippen LogP contribution in [0, 0.1) is 0 Å². The maximum absolute atomic E-state index is 11.9. The summed E-state index contributed by atoms with van der Waals surface area (Å²) >= 11 is 5.66. The molecule has 2 N–H and O–H groups in total. The number of aliphatic hydroxyl groups excluding tert-OH is 1. The highest BCUT2D eigenvalue weighted by atomic mass is 35.5. The van der Waals surface area contributed by atoms with Gasteiger partial charge in [-0.1, -0.05) is 23.7 Å². The third kappa shape index (κ3) is 4.18. The Bertz CT molecular complexity index is 617. The fourth-order valence-electron chi connectivity index (χ4n) is 1.77. The summed E-state index contributed by atoms with van der Waals surface area (Å²) < 4.78 is 5.09. The summed E-state index contributed by atoms with van der Waals surface area (Å²) in [5.41, 5.74) is 1.06. The number of carbonyl (C=O) groups is 1. The number of aromatic nitrogens is 1. The molecule has 0 saturated heterocycles. The molecule has 0 aliphatic carbocycles. The minimum Gasteiger partial charge on any atom is -0.497 e. The minimum absolute atomic E-state index is 0.0919. The monoisotopic (exact) mass is 306 g/mol. The van der Waals surface area contributed by atoms with Crippen molar-refractivity contribution in [3.8, 4) is 5.75 Å². The molecule has 0 aliphatic heterocycles. The Morgan fingerprint density at radius 3 is 2.90 bits per heavy atom. The molecular weight excluding hydrogens is 292 g/mol. The van der Waals surface area contributed by atoms with Crippen LogP contribution in [0.15, 0.2) is 42.6 Å². The van der Waals surface area contributed by atoms with E-state index in [-0.39, 0.29) is 12.5 Å². The molecule has 0 radical (unpaired) electrons. The van der Waals surface area contributed by atoms with Gasteiger partial charge in [0.15, 0.2) is 0 Å². The Labute approximate surface area is 127 Å². The fourth-order valence-corrected chi connectivity index (χ4v) is 1.88. The van der Waals surface area contributed by atoms with E-state index in [1.54, 1.807) is 37.4 Å². The summed E-state index contributed by atoms with van der Waals surface area (Å²) in [6.45, 7) is 0.0919. The molecule has 1 heterocycles. The van der Waals surface area contributed by atoms with E-state index in [2.05, 4.69) is 10.3 Å². The van der Waals surface area contributed by atoms with Crippen LogP contribution in [0.25, 0.3) is 0 Å². The van der Waals surface area contributed by atoms with Crippen molar-refractivity contribution in [2.75, 3.05) is 13.7 Å². The number of methoxy groups -OCH3 is 1. The molecule has 0 aliphatic rings. The Morgan fingerprint density at radius 1 is 1.43 bits per heavy atom. The fraction of sp³-hybridized carbons (Fsp3) is 0.200. The van der Waals surface area contributed by atoms with E-state index < -0.39 is 6.10 Å². The first-order chi connectivity index (χ1) is 10.1. The van der Waals surface area contributed by atoms with Gasteiger partial charge in [-0.2, -0.15) is 0 Å². The van der Waals surface area contributed by atoms with Crippen molar-refractivity contribution in [3.63, 3.8) is 0 Å². The van der Waals surface area contributed by atoms with Crippen LogP contribution < -0.4 is 10.1 Å². The number of hydrogen-bond donors (Lipinski definition) is 2. The second kappa shape index (κ2) is 7.06. The molecule has 21 heavy (non-hydrogen) atoms. The van der Waals surface area contributed by atoms with Crippen molar-refractivity contribution in [1.82, 2.24) is 10.3 Å². The number of amides is 1. The number of carbonyl (C=O) groups excluding carboxylic acids is 1. The molecule has 5 nitrogen and oxygen atoms in total. The number of halogens is 1. The Hall–Kier alpha value is -2.11. The van der Waals surface area contributed by atoms with Crippen molar-refractivity contribution >= 4 is 17.5 Å². The second-order valence-corrected chi connectivity index (χ2v) is 4.76. The first kappa shape index (κ1) is 15.3. The number of hydrogen-bond acceptors (Lipinski definition) is 4. The quantitative estimate of drug-likeness (QED) is 0.831. The molecule has 1 aromatic heterocycles. The molecule has 0 fully saturated rings. The summed E-state index contributed by atoms with van der Waals surface area (Å²) in [6, 6.07) is 10.2. The standard InChI is InChI=1S/C15H15ClN2O3/c1-21-12-4-2-3-10(7-12)13(19)9-18-15(20)11-5-6-14(16)17-8-11/h2-8,13,19H,9H2,1H3,(H,18,20)/t13-/m0/s1. The third-order valence-electron chi connectivity index (χ3n) is 2.92. The topological polar surface area (TPSA) is 71.5 Å². The summed E-state index contributed by atoms with van der Waals surface area (Å²) in [6.07, 6.45) is 0.569. The maximum Gasteiger partial charge on any atom is 0.252 e. The molecule has 0 spiro atoms. The van der Waals surface area contributed by atoms with E-state index in [9.17, 15) is 9.90 Å². The lowest BCUT2D eigenvalue weighted by Gasteiger charge is -2.13. The molecule has 1 amide bonds. The largest absolute Gasteiger partial charge is 0.497 e. The van der Waals surface area contributed by atoms with E-state index in [1.165, 1.54) is 12.3 Å². The van der Waals surface area contributed by atoms with Crippen molar-refractivity contribution < 1.29 is 14.6 Å². The van der Waals surface area contributed by atoms with Gasteiger partial charge in [-0.15, -0.1) is 0 Å². The van der Waals surface area contributed by atoms with E-state index in [0.717, 1.165) is 0 Å². The molecule has 0 saturated carbocycles. The Kier molecular flexibility index (Phi) is 5.14. The number of pyridine rings is 1. The molecule has 2 aromatic rings. The minimum atomic E-state index is -0.815. The van der Waals surface area contributed by atoms with Gasteiger partial charge in [-0.3, -0.25) is 4.79 Å². The van der Waals surface area contributed by atoms with Crippen molar-refractivity contribution in [2.45, 2.75) is 6.10 Å². The third-order valence-corrected chi connectivity index (χ3v) is 3.15. The van der Waals surface area contributed by atoms with Crippen LogP contribution in [0.4, 0.5) is 0 Å². The zero-order valence-corrected chi connectivity index (χ0v) is 12.2. The van der Waals surface area contributed by atoms with E-state index in [0.29, 0.717) is 22.0 Å². The van der Waals surface area contributed by atoms with Crippen LogP contribution in [-0.4, -0.2) is 29.7 Å². The van der Waals surface area contributed by atoms with Gasteiger partial charge in [0.2, 0.25) is 0 Å². The van der Waals surface area contributed by atoms with Crippen molar-refractivity contribution in [3.05, 3.63) is 58.9 Å². The molecule has 1 atom stereocenters. The SMILES string of the molecule is COc1cccc([C@@H](O)CNC(=O)c2ccc(Cl)nc2)c1. The van der Waals surface area contributed by atoms with Gasteiger partial charge >= 0.3 is 0 Å². The number of nitrogens with one attached hydrogen (secondary N) is 1. The van der Waals surface area contributed by atoms with Gasteiger partial charge in [0, 0.05) is 12.7 Å². The van der Waals surface area contributed by atoms with E-state index in [4.69, 9.17) is 16.3 Å². The summed E-state index contributed by atoms with van der Waals surface area (Å²) in [4.78, 5) is 15.7. The normalized spacial score (nSPS) is 11.8. The van der Waals surface area contributed by atoms with E-state index in [1.807, 2.05) is 0 Å². The Morgan fingerprint density at radius 2 is 2.24 bits per heavy atom. The highest BCUT2D eigenvalue weighted by Crippen LogP contribution is 2.18. The molecular formula is C15H15ClN2O3. The molecule has 1 aromatic carbocycles. The molecule has 110 valence electrons. The molecule has 0 bridgehead atoms. The van der Waals surface area contributed by atoms with Crippen LogP contribution in [-0.2, 0) is 0 Å². The number of benzene rings is 1. The van der Waals surface area contributed by atoms with Crippen LogP contribution >= 0.6 is 11.6 Å². The van der Waals surface area contributed by atoms with Gasteiger partial charge in [-0.05, 0) is 29.8 Å². The maximum atomic E-state index is 11.9. The number of rotatable bonds is 5. The lowest BCUT2D eigenvalue weighted by atomic mass is 10.1. The lowest BCUT2D eigenvalue weighted by Crippen LogP contribution is -2.28. The molecule has 6 heteroatoms. The molecule has 2 rings (SSSR count). The van der Waals surface area contributed by atoms with Gasteiger partial charge < -0.3 is 15.2 Å². The van der Waals surface area contributed by atoms with E-state index >= 15 is 0 Å². The highest BCUT2D eigenvalue weighted by Gasteiger charge is 2.11.